The molecule has 0 fully saturated rings. The molecule has 5 rings (SSSR count). The smallest absolute Gasteiger partial charge is 0.355 e. The summed E-state index contributed by atoms with van der Waals surface area (Å²) in [5.74, 6) is -2.57. The van der Waals surface area contributed by atoms with Crippen LogP contribution in [-0.2, 0) is 10.1 Å². The van der Waals surface area contributed by atoms with E-state index in [1.165, 1.54) is 0 Å². The van der Waals surface area contributed by atoms with Crippen molar-refractivity contribution in [3.63, 3.8) is 0 Å². The Balaban J connectivity index is 1.58. The molecule has 4 aliphatic carbocycles. The van der Waals surface area contributed by atoms with Crippen LogP contribution < -0.4 is 9.50 Å². The zero-order valence-corrected chi connectivity index (χ0v) is 16.5. The lowest BCUT2D eigenvalue weighted by atomic mass is 9.54. The summed E-state index contributed by atoms with van der Waals surface area (Å²) in [6, 6.07) is 0. The van der Waals surface area contributed by atoms with Gasteiger partial charge < -0.3 is 9.50 Å². The van der Waals surface area contributed by atoms with Gasteiger partial charge in [0, 0.05) is 28.2 Å². The third-order valence-corrected chi connectivity index (χ3v) is 7.17. The van der Waals surface area contributed by atoms with Crippen LogP contribution in [0.2, 0.25) is 0 Å². The molecule has 160 valence electrons. The average molecular weight is 446 g/mol. The van der Waals surface area contributed by atoms with Crippen LogP contribution >= 0.6 is 0 Å². The van der Waals surface area contributed by atoms with Crippen molar-refractivity contribution in [2.75, 3.05) is 5.32 Å². The van der Waals surface area contributed by atoms with Gasteiger partial charge in [0.05, 0.1) is 17.6 Å². The van der Waals surface area contributed by atoms with Gasteiger partial charge in [-0.3, -0.25) is 0 Å². The van der Waals surface area contributed by atoms with Gasteiger partial charge in [-0.25, -0.2) is 13.8 Å². The second-order valence-electron chi connectivity index (χ2n) is 7.97. The summed E-state index contributed by atoms with van der Waals surface area (Å²) in [7, 11) is -5.88. The Hall–Kier alpha value is -2.43. The van der Waals surface area contributed by atoms with Crippen LogP contribution in [0.3, 0.4) is 0 Å². The molecular formula is C19H15F5N2O3S. The molecule has 3 atom stereocenters. The molecule has 0 aliphatic heterocycles. The van der Waals surface area contributed by atoms with Gasteiger partial charge in [0.2, 0.25) is 5.88 Å². The van der Waals surface area contributed by atoms with Crippen LogP contribution in [0.15, 0.2) is 40.3 Å². The van der Waals surface area contributed by atoms with Crippen LogP contribution in [-0.4, -0.2) is 18.9 Å². The molecule has 1 aromatic rings. The van der Waals surface area contributed by atoms with E-state index >= 15 is 0 Å². The Kier molecular flexibility index (Phi) is 3.80. The molecule has 0 bridgehead atoms. The fourth-order valence-electron chi connectivity index (χ4n) is 4.65. The molecular weight excluding hydrogens is 431 g/mol. The summed E-state index contributed by atoms with van der Waals surface area (Å²) in [5.41, 5.74) is -3.27. The Bertz CT molecular complexity index is 1210. The standard InChI is InChI=1S/C19H15F5N2O3S/c1-6-3-4-7(2)10-9(6)8(5-25-18(10)29-30(27,28)19(22,23)24)26-17-13-11-12(15(13)20)16(21)14(11)17/h5-7,11,26H,3-4H2,1-2H3. The highest BCUT2D eigenvalue weighted by Crippen LogP contribution is 2.68. The number of hydrogen-bond acceptors (Lipinski definition) is 5. The minimum Gasteiger partial charge on any atom is -0.355 e. The summed E-state index contributed by atoms with van der Waals surface area (Å²) in [5, 5.41) is 2.98. The van der Waals surface area contributed by atoms with E-state index in [0.717, 1.165) is 6.20 Å². The molecule has 3 unspecified atom stereocenters. The van der Waals surface area contributed by atoms with Crippen LogP contribution in [0, 0.1) is 5.92 Å². The number of nitrogens with zero attached hydrogens (tertiary/aromatic N) is 1. The molecule has 0 radical (unpaired) electrons. The first-order chi connectivity index (χ1) is 13.9. The molecule has 0 spiro atoms. The molecule has 1 N–H and O–H groups in total. The lowest BCUT2D eigenvalue weighted by Gasteiger charge is -2.52. The molecule has 0 amide bonds. The van der Waals surface area contributed by atoms with E-state index in [9.17, 15) is 30.4 Å². The number of halogens is 5. The number of rotatable bonds is 4. The van der Waals surface area contributed by atoms with E-state index in [2.05, 4.69) is 14.5 Å². The first-order valence-electron chi connectivity index (χ1n) is 9.29. The number of fused-ring (bicyclic) bond motifs is 1. The van der Waals surface area contributed by atoms with Gasteiger partial charge in [-0.05, 0) is 30.2 Å². The molecule has 4 aliphatic rings. The number of allylic oxidation sites excluding steroid dienone is 5. The third kappa shape index (κ3) is 2.32. The highest BCUT2D eigenvalue weighted by atomic mass is 32.2. The van der Waals surface area contributed by atoms with E-state index in [4.69, 9.17) is 0 Å². The van der Waals surface area contributed by atoms with Crippen LogP contribution in [0.25, 0.3) is 0 Å². The van der Waals surface area contributed by atoms with Crippen molar-refractivity contribution in [2.45, 2.75) is 44.0 Å². The summed E-state index contributed by atoms with van der Waals surface area (Å²) >= 11 is 0. The molecule has 30 heavy (non-hydrogen) atoms. The van der Waals surface area contributed by atoms with E-state index in [-0.39, 0.29) is 28.9 Å². The zero-order valence-electron chi connectivity index (χ0n) is 15.7. The van der Waals surface area contributed by atoms with Gasteiger partial charge in [0.1, 0.15) is 11.7 Å². The van der Waals surface area contributed by atoms with Crippen molar-refractivity contribution in [3.05, 3.63) is 51.4 Å². The van der Waals surface area contributed by atoms with Gasteiger partial charge in [-0.2, -0.15) is 21.6 Å². The third-order valence-electron chi connectivity index (χ3n) is 6.22. The minimum atomic E-state index is -5.88. The van der Waals surface area contributed by atoms with Gasteiger partial charge in [0.25, 0.3) is 0 Å². The number of hydrogen-bond donors (Lipinski definition) is 1. The summed E-state index contributed by atoms with van der Waals surface area (Å²) in [4.78, 5) is 3.82. The van der Waals surface area contributed by atoms with E-state index in [1.54, 1.807) is 6.92 Å². The lowest BCUT2D eigenvalue weighted by molar-refractivity contribution is -0.0501. The number of anilines is 1. The Morgan fingerprint density at radius 2 is 1.63 bits per heavy atom. The van der Waals surface area contributed by atoms with E-state index < -0.39 is 33.2 Å². The van der Waals surface area contributed by atoms with Crippen molar-refractivity contribution in [3.8, 4) is 5.88 Å². The van der Waals surface area contributed by atoms with E-state index in [0.29, 0.717) is 40.9 Å². The molecule has 0 aromatic carbocycles. The maximum Gasteiger partial charge on any atom is 0.534 e. The molecule has 1 heterocycles. The van der Waals surface area contributed by atoms with Crippen molar-refractivity contribution in [1.82, 2.24) is 4.98 Å². The second-order valence-corrected chi connectivity index (χ2v) is 9.51. The number of aromatic nitrogens is 1. The SMILES string of the molecule is CC1CCC(C)c2c(OS(=O)(=O)C(F)(F)F)ncc(NC3=C4C(F)=C5C(F)=C3C54)c21. The van der Waals surface area contributed by atoms with Gasteiger partial charge >= 0.3 is 15.6 Å². The number of alkyl halides is 3. The summed E-state index contributed by atoms with van der Waals surface area (Å²) < 4.78 is 93.7. The normalized spacial score (nSPS) is 27.1. The number of nitrogens with one attached hydrogen (secondary N) is 1. The Morgan fingerprint density at radius 1 is 1.03 bits per heavy atom. The fraction of sp³-hybridized carbons (Fsp3) is 0.421. The Morgan fingerprint density at radius 3 is 2.20 bits per heavy atom. The van der Waals surface area contributed by atoms with Crippen LogP contribution in [0.1, 0.15) is 49.7 Å². The first kappa shape index (κ1) is 19.5. The van der Waals surface area contributed by atoms with E-state index in [1.807, 2.05) is 6.92 Å². The first-order valence-corrected chi connectivity index (χ1v) is 10.7. The van der Waals surface area contributed by atoms with Crippen molar-refractivity contribution in [2.24, 2.45) is 5.92 Å². The van der Waals surface area contributed by atoms with Crippen molar-refractivity contribution >= 4 is 15.8 Å². The zero-order chi connectivity index (χ0) is 21.7. The largest absolute Gasteiger partial charge is 0.534 e. The summed E-state index contributed by atoms with van der Waals surface area (Å²) in [6.45, 7) is 3.57. The predicted octanol–water partition coefficient (Wildman–Crippen LogP) is 5.08. The average Bonchev–Trinajstić information content (AvgIpc) is 2.62. The van der Waals surface area contributed by atoms with Crippen molar-refractivity contribution in [1.29, 1.82) is 0 Å². The monoisotopic (exact) mass is 446 g/mol. The summed E-state index contributed by atoms with van der Waals surface area (Å²) in [6.07, 6.45) is 2.44. The predicted molar refractivity (Wildman–Crippen MR) is 96.3 cm³/mol. The molecule has 5 nitrogen and oxygen atoms in total. The second kappa shape index (κ2) is 5.83. The number of pyridine rings is 1. The molecule has 1 aromatic heterocycles. The van der Waals surface area contributed by atoms with Gasteiger partial charge in [-0.1, -0.05) is 13.8 Å². The maximum absolute atomic E-state index is 14.0. The molecule has 11 heteroatoms. The quantitative estimate of drug-likeness (QED) is 0.397. The maximum atomic E-state index is 14.0. The van der Waals surface area contributed by atoms with Crippen LogP contribution in [0.4, 0.5) is 27.6 Å². The topological polar surface area (TPSA) is 68.3 Å². The molecule has 0 saturated heterocycles. The molecule has 0 saturated carbocycles. The van der Waals surface area contributed by atoms with Crippen LogP contribution in [0.5, 0.6) is 5.88 Å². The highest BCUT2D eigenvalue weighted by molar-refractivity contribution is 7.87. The van der Waals surface area contributed by atoms with Gasteiger partial charge in [-0.15, -0.1) is 0 Å². The van der Waals surface area contributed by atoms with Crippen molar-refractivity contribution < 1.29 is 34.6 Å². The lowest BCUT2D eigenvalue weighted by Crippen LogP contribution is -2.44. The minimum absolute atomic E-state index is 0.0915. The highest BCUT2D eigenvalue weighted by Gasteiger charge is 2.60. The van der Waals surface area contributed by atoms with Gasteiger partial charge in [0.15, 0.2) is 0 Å². The Labute approximate surface area is 168 Å². The fourth-order valence-corrected chi connectivity index (χ4v) is 5.09.